The third kappa shape index (κ3) is 4.74. The number of methoxy groups -OCH3 is 2. The second-order valence-electron chi connectivity index (χ2n) is 7.60. The Morgan fingerprint density at radius 2 is 1.69 bits per heavy atom. The second-order valence-corrected chi connectivity index (χ2v) is 7.60. The molecule has 1 saturated heterocycles. The summed E-state index contributed by atoms with van der Waals surface area (Å²) in [5.41, 5.74) is 3.77. The second kappa shape index (κ2) is 9.55. The van der Waals surface area contributed by atoms with Gasteiger partial charge in [0.25, 0.3) is 0 Å². The van der Waals surface area contributed by atoms with Crippen molar-refractivity contribution >= 4 is 17.5 Å². The summed E-state index contributed by atoms with van der Waals surface area (Å²) in [6.45, 7) is 4.63. The van der Waals surface area contributed by atoms with Gasteiger partial charge in [-0.15, -0.1) is 0 Å². The maximum absolute atomic E-state index is 12.8. The van der Waals surface area contributed by atoms with Gasteiger partial charge in [0.15, 0.2) is 0 Å². The van der Waals surface area contributed by atoms with E-state index in [1.54, 1.807) is 43.6 Å². The zero-order chi connectivity index (χ0) is 22.5. The summed E-state index contributed by atoms with van der Waals surface area (Å²) in [7, 11) is 3.16. The van der Waals surface area contributed by atoms with E-state index in [0.29, 0.717) is 43.4 Å². The number of nitrogens with zero attached hydrogens (tertiary/aromatic N) is 4. The number of aromatic nitrogens is 2. The molecule has 4 rings (SSSR count). The van der Waals surface area contributed by atoms with Gasteiger partial charge in [-0.3, -0.25) is 0 Å². The lowest BCUT2D eigenvalue weighted by atomic mass is 10.1. The standard InChI is InChI=1S/C24H27N5O3/c1-17-4-6-18(7-5-17)21-15-23(26-16-25-21)28-10-12-29(13-11-28)24(30)27-20-9-8-19(31-2)14-22(20)32-3/h4-9,14-16H,10-13H2,1-3H3,(H,27,30). The molecular formula is C24H27N5O3. The fraction of sp³-hybridized carbons (Fsp3) is 0.292. The molecule has 0 atom stereocenters. The van der Waals surface area contributed by atoms with E-state index in [4.69, 9.17) is 9.47 Å². The highest BCUT2D eigenvalue weighted by molar-refractivity contribution is 5.91. The van der Waals surface area contributed by atoms with Crippen molar-refractivity contribution in [1.82, 2.24) is 14.9 Å². The first-order valence-corrected chi connectivity index (χ1v) is 10.5. The molecule has 32 heavy (non-hydrogen) atoms. The zero-order valence-corrected chi connectivity index (χ0v) is 18.5. The molecule has 1 aromatic heterocycles. The molecule has 3 aromatic rings. The van der Waals surface area contributed by atoms with E-state index >= 15 is 0 Å². The molecule has 0 aliphatic carbocycles. The first-order valence-electron chi connectivity index (χ1n) is 10.5. The first-order chi connectivity index (χ1) is 15.6. The summed E-state index contributed by atoms with van der Waals surface area (Å²) in [5.74, 6) is 2.09. The number of ether oxygens (including phenoxy) is 2. The smallest absolute Gasteiger partial charge is 0.322 e. The van der Waals surface area contributed by atoms with E-state index in [2.05, 4.69) is 51.4 Å². The predicted octanol–water partition coefficient (Wildman–Crippen LogP) is 3.82. The van der Waals surface area contributed by atoms with Gasteiger partial charge in [-0.1, -0.05) is 29.8 Å². The van der Waals surface area contributed by atoms with E-state index in [1.165, 1.54) is 5.56 Å². The van der Waals surface area contributed by atoms with Crippen LogP contribution in [0.4, 0.5) is 16.3 Å². The molecule has 1 aliphatic rings. The van der Waals surface area contributed by atoms with Crippen molar-refractivity contribution < 1.29 is 14.3 Å². The van der Waals surface area contributed by atoms with Gasteiger partial charge >= 0.3 is 6.03 Å². The Balaban J connectivity index is 1.39. The van der Waals surface area contributed by atoms with Crippen LogP contribution in [0.25, 0.3) is 11.3 Å². The average Bonchev–Trinajstić information content (AvgIpc) is 2.85. The molecule has 2 aromatic carbocycles. The van der Waals surface area contributed by atoms with E-state index in [0.717, 1.165) is 17.1 Å². The molecule has 0 spiro atoms. The fourth-order valence-corrected chi connectivity index (χ4v) is 3.64. The Hall–Kier alpha value is -3.81. The van der Waals surface area contributed by atoms with Gasteiger partial charge in [0.1, 0.15) is 23.6 Å². The van der Waals surface area contributed by atoms with Crippen molar-refractivity contribution in [2.45, 2.75) is 6.92 Å². The molecular weight excluding hydrogens is 406 g/mol. The third-order valence-electron chi connectivity index (χ3n) is 5.54. The lowest BCUT2D eigenvalue weighted by molar-refractivity contribution is 0.208. The number of carbonyl (C=O) groups is 1. The number of hydrogen-bond donors (Lipinski definition) is 1. The maximum Gasteiger partial charge on any atom is 0.322 e. The molecule has 0 bridgehead atoms. The Kier molecular flexibility index (Phi) is 6.39. The fourth-order valence-electron chi connectivity index (χ4n) is 3.64. The van der Waals surface area contributed by atoms with E-state index < -0.39 is 0 Å². The molecule has 1 fully saturated rings. The van der Waals surface area contributed by atoms with Gasteiger partial charge in [-0.05, 0) is 19.1 Å². The number of hydrogen-bond acceptors (Lipinski definition) is 6. The number of urea groups is 1. The van der Waals surface area contributed by atoms with Gasteiger partial charge in [0.05, 0.1) is 25.6 Å². The van der Waals surface area contributed by atoms with Crippen LogP contribution in [-0.4, -0.2) is 61.3 Å². The molecule has 8 heteroatoms. The van der Waals surface area contributed by atoms with Crippen LogP contribution in [0.1, 0.15) is 5.56 Å². The number of piperazine rings is 1. The summed E-state index contributed by atoms with van der Waals surface area (Å²) >= 11 is 0. The maximum atomic E-state index is 12.8. The molecule has 2 heterocycles. The van der Waals surface area contributed by atoms with Crippen molar-refractivity contribution in [3.05, 3.63) is 60.4 Å². The largest absolute Gasteiger partial charge is 0.497 e. The van der Waals surface area contributed by atoms with Crippen LogP contribution in [0, 0.1) is 6.92 Å². The summed E-state index contributed by atoms with van der Waals surface area (Å²) in [4.78, 5) is 25.6. The van der Waals surface area contributed by atoms with E-state index in [9.17, 15) is 4.79 Å². The lowest BCUT2D eigenvalue weighted by Crippen LogP contribution is -2.50. The van der Waals surface area contributed by atoms with E-state index in [1.807, 2.05) is 6.07 Å². The molecule has 2 amide bonds. The Bertz CT molecular complexity index is 1080. The minimum atomic E-state index is -0.156. The molecule has 0 saturated carbocycles. The normalized spacial score (nSPS) is 13.6. The summed E-state index contributed by atoms with van der Waals surface area (Å²) in [5, 5.41) is 2.93. The minimum Gasteiger partial charge on any atom is -0.497 e. The monoisotopic (exact) mass is 433 g/mol. The molecule has 0 unspecified atom stereocenters. The number of aryl methyl sites for hydroxylation is 1. The highest BCUT2D eigenvalue weighted by atomic mass is 16.5. The lowest BCUT2D eigenvalue weighted by Gasteiger charge is -2.35. The summed E-state index contributed by atoms with van der Waals surface area (Å²) < 4.78 is 10.6. The quantitative estimate of drug-likeness (QED) is 0.659. The van der Waals surface area contributed by atoms with Crippen LogP contribution in [0.2, 0.25) is 0 Å². The van der Waals surface area contributed by atoms with Crippen molar-refractivity contribution in [2.24, 2.45) is 0 Å². The Morgan fingerprint density at radius 1 is 0.938 bits per heavy atom. The van der Waals surface area contributed by atoms with Gasteiger partial charge < -0.3 is 24.6 Å². The molecule has 166 valence electrons. The van der Waals surface area contributed by atoms with E-state index in [-0.39, 0.29) is 6.03 Å². The highest BCUT2D eigenvalue weighted by Crippen LogP contribution is 2.29. The highest BCUT2D eigenvalue weighted by Gasteiger charge is 2.23. The average molecular weight is 434 g/mol. The number of carbonyl (C=O) groups excluding carboxylic acids is 1. The Morgan fingerprint density at radius 3 is 2.38 bits per heavy atom. The number of benzene rings is 2. The van der Waals surface area contributed by atoms with Crippen LogP contribution in [0.5, 0.6) is 11.5 Å². The molecule has 1 aliphatic heterocycles. The van der Waals surface area contributed by atoms with Gasteiger partial charge in [0.2, 0.25) is 0 Å². The van der Waals surface area contributed by atoms with Crippen LogP contribution < -0.4 is 19.7 Å². The zero-order valence-electron chi connectivity index (χ0n) is 18.5. The van der Waals surface area contributed by atoms with Gasteiger partial charge in [-0.25, -0.2) is 14.8 Å². The Labute approximate surface area is 187 Å². The molecule has 8 nitrogen and oxygen atoms in total. The molecule has 1 N–H and O–H groups in total. The van der Waals surface area contributed by atoms with Crippen molar-refractivity contribution in [3.8, 4) is 22.8 Å². The predicted molar refractivity (Wildman–Crippen MR) is 125 cm³/mol. The minimum absolute atomic E-state index is 0.156. The van der Waals surface area contributed by atoms with Gasteiger partial charge in [0, 0.05) is 43.9 Å². The summed E-state index contributed by atoms with van der Waals surface area (Å²) in [6.07, 6.45) is 1.60. The van der Waals surface area contributed by atoms with Crippen molar-refractivity contribution in [2.75, 3.05) is 50.6 Å². The van der Waals surface area contributed by atoms with Gasteiger partial charge in [-0.2, -0.15) is 0 Å². The number of amides is 2. The summed E-state index contributed by atoms with van der Waals surface area (Å²) in [6, 6.07) is 15.4. The third-order valence-corrected chi connectivity index (χ3v) is 5.54. The number of rotatable bonds is 5. The van der Waals surface area contributed by atoms with Crippen molar-refractivity contribution in [3.63, 3.8) is 0 Å². The van der Waals surface area contributed by atoms with Crippen molar-refractivity contribution in [1.29, 1.82) is 0 Å². The SMILES string of the molecule is COc1ccc(NC(=O)N2CCN(c3cc(-c4ccc(C)cc4)ncn3)CC2)c(OC)c1. The van der Waals surface area contributed by atoms with Crippen LogP contribution in [-0.2, 0) is 0 Å². The molecule has 0 radical (unpaired) electrons. The van der Waals surface area contributed by atoms with Crippen LogP contribution in [0.3, 0.4) is 0 Å². The number of anilines is 2. The van der Waals surface area contributed by atoms with Crippen LogP contribution >= 0.6 is 0 Å². The van der Waals surface area contributed by atoms with Crippen LogP contribution in [0.15, 0.2) is 54.9 Å². The topological polar surface area (TPSA) is 79.8 Å². The number of nitrogens with one attached hydrogen (secondary N) is 1. The first kappa shape index (κ1) is 21.4.